The Hall–Kier alpha value is -1.79. The smallest absolute Gasteiger partial charge is 0.243 e. The number of carbonyl (C=O) groups excluding carboxylic acids is 2. The van der Waals surface area contributed by atoms with Gasteiger partial charge >= 0.3 is 0 Å². The molecule has 4 N–H and O–H groups in total. The normalized spacial score (nSPS) is 19.2. The van der Waals surface area contributed by atoms with Gasteiger partial charge in [-0.3, -0.25) is 9.59 Å². The Morgan fingerprint density at radius 1 is 1.21 bits per heavy atom. The Balaban J connectivity index is 0.00000288. The molecule has 0 spiro atoms. The number of nitrogens with one attached hydrogen (secondary N) is 2. The molecule has 0 radical (unpaired) electrons. The molecule has 1 saturated carbocycles. The minimum Gasteiger partial charge on any atom is -0.494 e. The SMILES string of the molecule is CCOc1ccc(NC(=O)CNC(=O)C[C@@H]2CCC[C@H]2N)cc1.Cl. The molecular weight excluding hydrogens is 330 g/mol. The van der Waals surface area contributed by atoms with Crippen LogP contribution in [0.15, 0.2) is 24.3 Å². The van der Waals surface area contributed by atoms with Crippen LogP contribution in [0.1, 0.15) is 32.6 Å². The number of anilines is 1. The maximum Gasteiger partial charge on any atom is 0.243 e. The van der Waals surface area contributed by atoms with Gasteiger partial charge in [-0.2, -0.15) is 0 Å². The van der Waals surface area contributed by atoms with Crippen LogP contribution in [0.4, 0.5) is 5.69 Å². The summed E-state index contributed by atoms with van der Waals surface area (Å²) < 4.78 is 5.34. The van der Waals surface area contributed by atoms with E-state index in [4.69, 9.17) is 10.5 Å². The molecule has 1 fully saturated rings. The second-order valence-corrected chi connectivity index (χ2v) is 5.84. The van der Waals surface area contributed by atoms with Crippen molar-refractivity contribution >= 4 is 29.9 Å². The van der Waals surface area contributed by atoms with Crippen LogP contribution in [0.2, 0.25) is 0 Å². The van der Waals surface area contributed by atoms with Gasteiger partial charge in [0.25, 0.3) is 0 Å². The Morgan fingerprint density at radius 3 is 2.50 bits per heavy atom. The lowest BCUT2D eigenvalue weighted by atomic mass is 10.00. The van der Waals surface area contributed by atoms with E-state index in [1.807, 2.05) is 6.92 Å². The quantitative estimate of drug-likeness (QED) is 0.698. The topological polar surface area (TPSA) is 93.5 Å². The van der Waals surface area contributed by atoms with Gasteiger partial charge in [0.2, 0.25) is 11.8 Å². The third kappa shape index (κ3) is 6.37. The number of rotatable bonds is 7. The van der Waals surface area contributed by atoms with E-state index in [-0.39, 0.29) is 42.7 Å². The molecule has 7 heteroatoms. The molecule has 1 aliphatic rings. The van der Waals surface area contributed by atoms with Crippen LogP contribution in [0.3, 0.4) is 0 Å². The summed E-state index contributed by atoms with van der Waals surface area (Å²) in [6.45, 7) is 2.48. The van der Waals surface area contributed by atoms with Crippen molar-refractivity contribution < 1.29 is 14.3 Å². The van der Waals surface area contributed by atoms with Crippen molar-refractivity contribution in [2.45, 2.75) is 38.6 Å². The van der Waals surface area contributed by atoms with Gasteiger partial charge in [0.1, 0.15) is 5.75 Å². The molecule has 2 amide bonds. The van der Waals surface area contributed by atoms with Gasteiger partial charge in [-0.15, -0.1) is 12.4 Å². The molecule has 2 atom stereocenters. The fraction of sp³-hybridized carbons (Fsp3) is 0.529. The molecule has 1 aromatic rings. The Morgan fingerprint density at radius 2 is 1.92 bits per heavy atom. The number of benzene rings is 1. The van der Waals surface area contributed by atoms with Crippen LogP contribution >= 0.6 is 12.4 Å². The van der Waals surface area contributed by atoms with E-state index < -0.39 is 0 Å². The highest BCUT2D eigenvalue weighted by Gasteiger charge is 2.26. The summed E-state index contributed by atoms with van der Waals surface area (Å²) >= 11 is 0. The number of carbonyl (C=O) groups is 2. The average Bonchev–Trinajstić information content (AvgIpc) is 2.93. The Kier molecular flexibility index (Phi) is 8.57. The second-order valence-electron chi connectivity index (χ2n) is 5.84. The maximum atomic E-state index is 11.9. The Bertz CT molecular complexity index is 536. The predicted molar refractivity (Wildman–Crippen MR) is 96.4 cm³/mol. The monoisotopic (exact) mass is 355 g/mol. The zero-order valence-corrected chi connectivity index (χ0v) is 14.7. The minimum atomic E-state index is -0.252. The van der Waals surface area contributed by atoms with Gasteiger partial charge in [-0.1, -0.05) is 6.42 Å². The fourth-order valence-corrected chi connectivity index (χ4v) is 2.81. The van der Waals surface area contributed by atoms with Gasteiger partial charge in [0.15, 0.2) is 0 Å². The highest BCUT2D eigenvalue weighted by atomic mass is 35.5. The first kappa shape index (κ1) is 20.3. The number of amides is 2. The highest BCUT2D eigenvalue weighted by molar-refractivity contribution is 5.94. The summed E-state index contributed by atoms with van der Waals surface area (Å²) in [7, 11) is 0. The van der Waals surface area contributed by atoms with Gasteiger partial charge in [-0.05, 0) is 49.9 Å². The molecule has 0 bridgehead atoms. The fourth-order valence-electron chi connectivity index (χ4n) is 2.81. The van der Waals surface area contributed by atoms with E-state index in [9.17, 15) is 9.59 Å². The molecule has 2 rings (SSSR count). The van der Waals surface area contributed by atoms with Crippen LogP contribution in [0, 0.1) is 5.92 Å². The zero-order valence-electron chi connectivity index (χ0n) is 13.9. The molecule has 0 aliphatic heterocycles. The summed E-state index contributed by atoms with van der Waals surface area (Å²) in [6.07, 6.45) is 3.46. The second kappa shape index (κ2) is 10.2. The first-order valence-electron chi connectivity index (χ1n) is 8.13. The third-order valence-electron chi connectivity index (χ3n) is 4.06. The highest BCUT2D eigenvalue weighted by Crippen LogP contribution is 2.26. The number of halogens is 1. The van der Waals surface area contributed by atoms with Gasteiger partial charge in [0, 0.05) is 18.2 Å². The lowest BCUT2D eigenvalue weighted by Crippen LogP contribution is -2.36. The van der Waals surface area contributed by atoms with Crippen LogP contribution in [0.25, 0.3) is 0 Å². The van der Waals surface area contributed by atoms with Crippen molar-refractivity contribution in [1.82, 2.24) is 5.32 Å². The molecule has 0 saturated heterocycles. The molecule has 1 aliphatic carbocycles. The molecule has 0 unspecified atom stereocenters. The van der Waals surface area contributed by atoms with Gasteiger partial charge in [-0.25, -0.2) is 0 Å². The molecule has 0 aromatic heterocycles. The minimum absolute atomic E-state index is 0. The van der Waals surface area contributed by atoms with E-state index in [1.165, 1.54) is 0 Å². The van der Waals surface area contributed by atoms with E-state index in [1.54, 1.807) is 24.3 Å². The van der Waals surface area contributed by atoms with Crippen molar-refractivity contribution in [1.29, 1.82) is 0 Å². The summed E-state index contributed by atoms with van der Waals surface area (Å²) in [5.74, 6) is 0.628. The van der Waals surface area contributed by atoms with Crippen molar-refractivity contribution in [2.24, 2.45) is 11.7 Å². The third-order valence-corrected chi connectivity index (χ3v) is 4.06. The van der Waals surface area contributed by atoms with E-state index in [0.29, 0.717) is 18.7 Å². The lowest BCUT2D eigenvalue weighted by Gasteiger charge is -2.14. The molecule has 1 aromatic carbocycles. The summed E-state index contributed by atoms with van der Waals surface area (Å²) in [5.41, 5.74) is 6.62. The molecule has 24 heavy (non-hydrogen) atoms. The van der Waals surface area contributed by atoms with Crippen molar-refractivity contribution in [2.75, 3.05) is 18.5 Å². The average molecular weight is 356 g/mol. The van der Waals surface area contributed by atoms with E-state index in [2.05, 4.69) is 10.6 Å². The predicted octanol–water partition coefficient (Wildman–Crippen LogP) is 2.08. The van der Waals surface area contributed by atoms with Crippen LogP contribution in [-0.4, -0.2) is 31.0 Å². The molecule has 134 valence electrons. The number of hydrogen-bond acceptors (Lipinski definition) is 4. The van der Waals surface area contributed by atoms with Gasteiger partial charge < -0.3 is 21.1 Å². The number of ether oxygens (including phenoxy) is 1. The van der Waals surface area contributed by atoms with Crippen LogP contribution in [-0.2, 0) is 9.59 Å². The number of hydrogen-bond donors (Lipinski definition) is 3. The molecule has 0 heterocycles. The van der Waals surface area contributed by atoms with Crippen LogP contribution in [0.5, 0.6) is 5.75 Å². The lowest BCUT2D eigenvalue weighted by molar-refractivity contribution is -0.124. The van der Waals surface area contributed by atoms with E-state index in [0.717, 1.165) is 25.0 Å². The zero-order chi connectivity index (χ0) is 16.7. The van der Waals surface area contributed by atoms with Crippen molar-refractivity contribution in [3.05, 3.63) is 24.3 Å². The van der Waals surface area contributed by atoms with Crippen molar-refractivity contribution in [3.63, 3.8) is 0 Å². The first-order chi connectivity index (χ1) is 11.1. The molecular formula is C17H26ClN3O3. The number of nitrogens with two attached hydrogens (primary N) is 1. The first-order valence-corrected chi connectivity index (χ1v) is 8.13. The molecule has 6 nitrogen and oxygen atoms in total. The summed E-state index contributed by atoms with van der Waals surface area (Å²) in [6, 6.07) is 7.22. The van der Waals surface area contributed by atoms with E-state index >= 15 is 0 Å². The maximum absolute atomic E-state index is 11.9. The van der Waals surface area contributed by atoms with Gasteiger partial charge in [0.05, 0.1) is 13.2 Å². The standard InChI is InChI=1S/C17H25N3O3.ClH/c1-2-23-14-8-6-13(7-9-14)20-17(22)11-19-16(21)10-12-4-3-5-15(12)18;/h6-9,12,15H,2-5,10-11,18H2,1H3,(H,19,21)(H,20,22);1H/t12-,15+;/m0./s1. The summed E-state index contributed by atoms with van der Waals surface area (Å²) in [5, 5.41) is 5.39. The Labute approximate surface area is 148 Å². The van der Waals surface area contributed by atoms with Crippen molar-refractivity contribution in [3.8, 4) is 5.75 Å². The summed E-state index contributed by atoms with van der Waals surface area (Å²) in [4.78, 5) is 23.7. The largest absolute Gasteiger partial charge is 0.494 e. The van der Waals surface area contributed by atoms with Crippen LogP contribution < -0.4 is 21.1 Å².